The van der Waals surface area contributed by atoms with Crippen molar-refractivity contribution in [3.63, 3.8) is 0 Å². The number of aromatic nitrogens is 2. The van der Waals surface area contributed by atoms with Crippen LogP contribution in [-0.4, -0.2) is 14.5 Å². The van der Waals surface area contributed by atoms with E-state index < -0.39 is 0 Å². The first-order valence-corrected chi connectivity index (χ1v) is 6.62. The molecule has 1 aliphatic rings. The Morgan fingerprint density at radius 1 is 1.29 bits per heavy atom. The van der Waals surface area contributed by atoms with Gasteiger partial charge in [0.05, 0.1) is 18.2 Å². The predicted molar refractivity (Wildman–Crippen MR) is 76.0 cm³/mol. The Balaban J connectivity index is 2.28. The van der Waals surface area contributed by atoms with E-state index in [9.17, 15) is 9.90 Å². The van der Waals surface area contributed by atoms with E-state index in [2.05, 4.69) is 4.85 Å². The van der Waals surface area contributed by atoms with Crippen molar-refractivity contribution in [2.75, 3.05) is 0 Å². The van der Waals surface area contributed by atoms with Crippen molar-refractivity contribution >= 4 is 5.69 Å². The van der Waals surface area contributed by atoms with Crippen LogP contribution in [0, 0.1) is 17.9 Å². The Morgan fingerprint density at radius 2 is 2.00 bits per heavy atom. The highest BCUT2D eigenvalue weighted by Gasteiger charge is 2.24. The maximum atomic E-state index is 12.5. The number of fused-ring (bicyclic) bond motifs is 1. The summed E-state index contributed by atoms with van der Waals surface area (Å²) < 4.78 is 3.08. The molecule has 104 valence electrons. The molecule has 0 aliphatic carbocycles. The molecule has 1 aliphatic heterocycles. The molecule has 0 bridgehead atoms. The van der Waals surface area contributed by atoms with E-state index in [1.165, 1.54) is 10.7 Å². The predicted octanol–water partition coefficient (Wildman–Crippen LogP) is 2.24. The van der Waals surface area contributed by atoms with Gasteiger partial charge >= 0.3 is 0 Å². The fourth-order valence-corrected chi connectivity index (χ4v) is 2.69. The summed E-state index contributed by atoms with van der Waals surface area (Å²) in [6.45, 7) is 8.38. The van der Waals surface area contributed by atoms with Crippen LogP contribution in [0.2, 0.25) is 0 Å². The zero-order valence-corrected chi connectivity index (χ0v) is 11.2. The van der Waals surface area contributed by atoms with Gasteiger partial charge in [-0.25, -0.2) is 9.53 Å². The zero-order valence-electron chi connectivity index (χ0n) is 11.2. The van der Waals surface area contributed by atoms with Crippen molar-refractivity contribution in [1.82, 2.24) is 9.36 Å². The molecule has 0 atom stereocenters. The van der Waals surface area contributed by atoms with Gasteiger partial charge < -0.3 is 5.11 Å². The van der Waals surface area contributed by atoms with Crippen LogP contribution in [0.4, 0.5) is 5.69 Å². The first-order valence-electron chi connectivity index (χ1n) is 6.62. The van der Waals surface area contributed by atoms with Crippen molar-refractivity contribution in [2.45, 2.75) is 25.9 Å². The van der Waals surface area contributed by atoms with E-state index in [0.29, 0.717) is 24.2 Å². The molecule has 0 fully saturated rings. The third kappa shape index (κ3) is 1.89. The molecule has 0 unspecified atom stereocenters. The van der Waals surface area contributed by atoms with Gasteiger partial charge in [-0.05, 0) is 30.5 Å². The standard InChI is InChI=1S/C15H12N4O2/c1-17-12-8-10(9-16)4-5-11(12)13-14(20)18-6-2-3-7-19(18)15(13)21/h4-5,8,20H,2-3,6-7H2. The number of rotatable bonds is 1. The van der Waals surface area contributed by atoms with Crippen molar-refractivity contribution in [1.29, 1.82) is 5.26 Å². The molecular formula is C15H12N4O2. The molecule has 21 heavy (non-hydrogen) atoms. The van der Waals surface area contributed by atoms with Crippen molar-refractivity contribution in [2.24, 2.45) is 0 Å². The Morgan fingerprint density at radius 3 is 2.62 bits per heavy atom. The van der Waals surface area contributed by atoms with Gasteiger partial charge in [0.2, 0.25) is 5.88 Å². The minimum Gasteiger partial charge on any atom is -0.493 e. The van der Waals surface area contributed by atoms with Crippen molar-refractivity contribution in [3.05, 3.63) is 45.5 Å². The van der Waals surface area contributed by atoms with Crippen molar-refractivity contribution in [3.8, 4) is 23.1 Å². The van der Waals surface area contributed by atoms with E-state index in [1.807, 2.05) is 6.07 Å². The van der Waals surface area contributed by atoms with Gasteiger partial charge in [-0.1, -0.05) is 6.07 Å². The van der Waals surface area contributed by atoms with Gasteiger partial charge in [-0.3, -0.25) is 9.48 Å². The molecule has 0 saturated heterocycles. The summed E-state index contributed by atoms with van der Waals surface area (Å²) in [7, 11) is 0. The normalized spacial score (nSPS) is 13.2. The molecule has 1 N–H and O–H groups in total. The van der Waals surface area contributed by atoms with Crippen LogP contribution in [0.25, 0.3) is 16.0 Å². The first-order chi connectivity index (χ1) is 10.2. The van der Waals surface area contributed by atoms with E-state index in [-0.39, 0.29) is 22.7 Å². The highest BCUT2D eigenvalue weighted by molar-refractivity contribution is 5.81. The molecule has 2 heterocycles. The number of nitriles is 1. The van der Waals surface area contributed by atoms with Crippen LogP contribution in [-0.2, 0) is 13.1 Å². The van der Waals surface area contributed by atoms with Gasteiger partial charge in [0.1, 0.15) is 0 Å². The molecule has 1 aromatic carbocycles. The Bertz CT molecular complexity index is 862. The molecule has 2 aromatic rings. The lowest BCUT2D eigenvalue weighted by molar-refractivity contribution is 0.305. The summed E-state index contributed by atoms with van der Waals surface area (Å²) in [5, 5.41) is 19.2. The van der Waals surface area contributed by atoms with Gasteiger partial charge in [0.25, 0.3) is 5.56 Å². The average Bonchev–Trinajstić information content (AvgIpc) is 2.79. The second-order valence-corrected chi connectivity index (χ2v) is 4.91. The van der Waals surface area contributed by atoms with Crippen LogP contribution in [0.3, 0.4) is 0 Å². The highest BCUT2D eigenvalue weighted by atomic mass is 16.3. The monoisotopic (exact) mass is 280 g/mol. The summed E-state index contributed by atoms with van der Waals surface area (Å²) in [6, 6.07) is 6.49. The summed E-state index contributed by atoms with van der Waals surface area (Å²) in [6.07, 6.45) is 1.80. The summed E-state index contributed by atoms with van der Waals surface area (Å²) in [4.78, 5) is 15.8. The summed E-state index contributed by atoms with van der Waals surface area (Å²) >= 11 is 0. The second-order valence-electron chi connectivity index (χ2n) is 4.91. The third-order valence-corrected chi connectivity index (χ3v) is 3.71. The van der Waals surface area contributed by atoms with Crippen LogP contribution >= 0.6 is 0 Å². The molecule has 0 spiro atoms. The molecule has 6 nitrogen and oxygen atoms in total. The van der Waals surface area contributed by atoms with Crippen molar-refractivity contribution < 1.29 is 5.11 Å². The fourth-order valence-electron chi connectivity index (χ4n) is 2.69. The SMILES string of the molecule is [C-]#[N+]c1cc(C#N)ccc1-c1c(O)n2n(c1=O)CCCC2. The van der Waals surface area contributed by atoms with Crippen LogP contribution in [0.1, 0.15) is 18.4 Å². The Kier molecular flexibility index (Phi) is 3.00. The first kappa shape index (κ1) is 13.0. The lowest BCUT2D eigenvalue weighted by Gasteiger charge is -2.16. The molecular weight excluding hydrogens is 268 g/mol. The lowest BCUT2D eigenvalue weighted by atomic mass is 10.0. The van der Waals surface area contributed by atoms with E-state index >= 15 is 0 Å². The van der Waals surface area contributed by atoms with Crippen LogP contribution in [0.5, 0.6) is 5.88 Å². The Hall–Kier alpha value is -2.99. The molecule has 3 rings (SSSR count). The van der Waals surface area contributed by atoms with E-state index in [4.69, 9.17) is 11.8 Å². The summed E-state index contributed by atoms with van der Waals surface area (Å²) in [5.41, 5.74) is 0.786. The maximum Gasteiger partial charge on any atom is 0.277 e. The summed E-state index contributed by atoms with van der Waals surface area (Å²) in [5.74, 6) is -0.102. The lowest BCUT2D eigenvalue weighted by Crippen LogP contribution is -2.27. The van der Waals surface area contributed by atoms with Crippen LogP contribution < -0.4 is 5.56 Å². The molecule has 0 radical (unpaired) electrons. The largest absolute Gasteiger partial charge is 0.493 e. The van der Waals surface area contributed by atoms with Gasteiger partial charge in [-0.15, -0.1) is 0 Å². The minimum atomic E-state index is -0.290. The molecule has 1 aromatic heterocycles. The molecule has 0 saturated carbocycles. The fraction of sp³-hybridized carbons (Fsp3) is 0.267. The number of benzene rings is 1. The third-order valence-electron chi connectivity index (χ3n) is 3.71. The van der Waals surface area contributed by atoms with E-state index in [0.717, 1.165) is 12.8 Å². The Labute approximate surface area is 120 Å². The number of aromatic hydroxyl groups is 1. The van der Waals surface area contributed by atoms with Gasteiger partial charge in [0.15, 0.2) is 5.69 Å². The topological polar surface area (TPSA) is 75.3 Å². The minimum absolute atomic E-state index is 0.102. The van der Waals surface area contributed by atoms with Gasteiger partial charge in [-0.2, -0.15) is 5.26 Å². The molecule has 6 heteroatoms. The molecule has 0 amide bonds. The van der Waals surface area contributed by atoms with Crippen LogP contribution in [0.15, 0.2) is 23.0 Å². The second kappa shape index (κ2) is 4.84. The number of hydrogen-bond donors (Lipinski definition) is 1. The average molecular weight is 280 g/mol. The number of hydrogen-bond acceptors (Lipinski definition) is 3. The maximum absolute atomic E-state index is 12.5. The quantitative estimate of drug-likeness (QED) is 0.814. The van der Waals surface area contributed by atoms with E-state index in [1.54, 1.807) is 16.8 Å². The zero-order chi connectivity index (χ0) is 15.0. The number of nitrogens with zero attached hydrogens (tertiary/aromatic N) is 4. The highest BCUT2D eigenvalue weighted by Crippen LogP contribution is 2.35. The smallest absolute Gasteiger partial charge is 0.277 e. The van der Waals surface area contributed by atoms with Gasteiger partial charge in [0, 0.05) is 18.7 Å².